The molecule has 73 valence electrons. The van der Waals surface area contributed by atoms with Gasteiger partial charge in [0, 0.05) is 0 Å². The average Bonchev–Trinajstić information content (AvgIpc) is 1.95. The van der Waals surface area contributed by atoms with Crippen LogP contribution >= 0.6 is 0 Å². The second-order valence-corrected chi connectivity index (χ2v) is 3.62. The Balaban J connectivity index is -0.000000333. The average molecular weight is 254 g/mol. The number of hydrogen-bond donors (Lipinski definition) is 0. The minimum absolute atomic E-state index is 0. The summed E-state index contributed by atoms with van der Waals surface area (Å²) in [4.78, 5) is 0. The SMILES string of the molecule is CC1=[C-]C(C)(C)C(C)=C1C.[Cl-].[Cl-].[Ti+3]. The van der Waals surface area contributed by atoms with Gasteiger partial charge in [0.25, 0.3) is 0 Å². The van der Waals surface area contributed by atoms with Gasteiger partial charge in [-0.1, -0.05) is 33.1 Å². The molecule has 0 saturated carbocycles. The third kappa shape index (κ3) is 3.79. The van der Waals surface area contributed by atoms with Crippen molar-refractivity contribution in [3.63, 3.8) is 0 Å². The van der Waals surface area contributed by atoms with Gasteiger partial charge in [-0.15, -0.1) is 6.92 Å². The molecule has 0 aromatic rings. The smallest absolute Gasteiger partial charge is 1.00 e. The Hall–Kier alpha value is 0.774. The van der Waals surface area contributed by atoms with Gasteiger partial charge in [-0.3, -0.25) is 6.08 Å². The van der Waals surface area contributed by atoms with Crippen LogP contribution in [0.2, 0.25) is 0 Å². The van der Waals surface area contributed by atoms with Crippen LogP contribution in [0, 0.1) is 11.5 Å². The molecule has 1 aliphatic carbocycles. The molecule has 1 radical (unpaired) electrons. The summed E-state index contributed by atoms with van der Waals surface area (Å²) in [5.41, 5.74) is 4.39. The van der Waals surface area contributed by atoms with E-state index in [2.05, 4.69) is 40.7 Å². The fraction of sp³-hybridized carbons (Fsp3) is 0.600. The summed E-state index contributed by atoms with van der Waals surface area (Å²) >= 11 is 0. The summed E-state index contributed by atoms with van der Waals surface area (Å²) in [5.74, 6) is 0. The van der Waals surface area contributed by atoms with E-state index in [1.54, 1.807) is 0 Å². The summed E-state index contributed by atoms with van der Waals surface area (Å²) < 4.78 is 0. The molecule has 0 aliphatic heterocycles. The molecule has 1 aliphatic rings. The molecule has 0 atom stereocenters. The topological polar surface area (TPSA) is 0 Å². The van der Waals surface area contributed by atoms with Crippen molar-refractivity contribution in [2.24, 2.45) is 5.41 Å². The van der Waals surface area contributed by atoms with Crippen LogP contribution in [0.5, 0.6) is 0 Å². The second-order valence-electron chi connectivity index (χ2n) is 3.62. The van der Waals surface area contributed by atoms with Crippen molar-refractivity contribution < 1.29 is 46.5 Å². The predicted octanol–water partition coefficient (Wildman–Crippen LogP) is -2.88. The van der Waals surface area contributed by atoms with E-state index in [1.807, 2.05) is 0 Å². The third-order valence-electron chi connectivity index (χ3n) is 2.56. The second kappa shape index (κ2) is 6.29. The van der Waals surface area contributed by atoms with Crippen LogP contribution in [0.25, 0.3) is 0 Å². The molecule has 1 rings (SSSR count). The molecule has 13 heavy (non-hydrogen) atoms. The first-order valence-electron chi connectivity index (χ1n) is 3.75. The van der Waals surface area contributed by atoms with Crippen molar-refractivity contribution >= 4 is 0 Å². The van der Waals surface area contributed by atoms with Crippen molar-refractivity contribution in [1.29, 1.82) is 0 Å². The summed E-state index contributed by atoms with van der Waals surface area (Å²) in [6.45, 7) is 10.9. The predicted molar refractivity (Wildman–Crippen MR) is 44.6 cm³/mol. The van der Waals surface area contributed by atoms with E-state index in [0.29, 0.717) is 0 Å². The number of rotatable bonds is 0. The normalized spacial score (nSPS) is 18.1. The standard InChI is InChI=1S/C10H15.2ClH.Ti/c1-7-6-10(4,5)9(3)8(7)2;;;/h1-5H3;2*1H;/q-1;;;+3/p-2. The first-order valence-corrected chi connectivity index (χ1v) is 3.75. The largest absolute Gasteiger partial charge is 3.00 e. The zero-order valence-corrected chi connectivity index (χ0v) is 11.8. The molecule has 0 saturated heterocycles. The minimum atomic E-state index is 0. The van der Waals surface area contributed by atoms with Crippen molar-refractivity contribution in [2.75, 3.05) is 0 Å². The van der Waals surface area contributed by atoms with E-state index in [-0.39, 0.29) is 51.9 Å². The number of halogens is 2. The van der Waals surface area contributed by atoms with Crippen LogP contribution < -0.4 is 24.8 Å². The summed E-state index contributed by atoms with van der Waals surface area (Å²) in [6, 6.07) is 0. The number of allylic oxidation sites excluding steroid dienone is 4. The Labute approximate surface area is 109 Å². The van der Waals surface area contributed by atoms with Gasteiger partial charge in [-0.2, -0.15) is 11.1 Å². The van der Waals surface area contributed by atoms with Crippen LogP contribution in [0.3, 0.4) is 0 Å². The van der Waals surface area contributed by atoms with Crippen molar-refractivity contribution in [1.82, 2.24) is 0 Å². The maximum absolute atomic E-state index is 3.44. The maximum Gasteiger partial charge on any atom is 3.00 e. The zero-order valence-electron chi connectivity index (χ0n) is 8.76. The van der Waals surface area contributed by atoms with E-state index in [0.717, 1.165) is 0 Å². The first-order chi connectivity index (χ1) is 4.45. The Morgan fingerprint density at radius 2 is 1.38 bits per heavy atom. The van der Waals surface area contributed by atoms with E-state index < -0.39 is 0 Å². The van der Waals surface area contributed by atoms with Gasteiger partial charge in [0.15, 0.2) is 0 Å². The van der Waals surface area contributed by atoms with E-state index in [9.17, 15) is 0 Å². The van der Waals surface area contributed by atoms with Crippen molar-refractivity contribution in [2.45, 2.75) is 34.6 Å². The maximum atomic E-state index is 3.44. The van der Waals surface area contributed by atoms with Crippen LogP contribution in [-0.2, 0) is 21.7 Å². The van der Waals surface area contributed by atoms with Gasteiger partial charge in [0.1, 0.15) is 0 Å². The fourth-order valence-electron chi connectivity index (χ4n) is 1.41. The van der Waals surface area contributed by atoms with E-state index in [1.165, 1.54) is 16.7 Å². The fourth-order valence-corrected chi connectivity index (χ4v) is 1.41. The molecule has 0 bridgehead atoms. The molecule has 0 nitrogen and oxygen atoms in total. The molecule has 0 spiro atoms. The van der Waals surface area contributed by atoms with E-state index in [4.69, 9.17) is 0 Å². The van der Waals surface area contributed by atoms with Gasteiger partial charge < -0.3 is 24.8 Å². The summed E-state index contributed by atoms with van der Waals surface area (Å²) in [7, 11) is 0. The molecule has 0 N–H and O–H groups in total. The van der Waals surface area contributed by atoms with Gasteiger partial charge in [-0.05, 0) is 0 Å². The molecule has 3 heteroatoms. The van der Waals surface area contributed by atoms with Crippen LogP contribution in [-0.4, -0.2) is 0 Å². The summed E-state index contributed by atoms with van der Waals surface area (Å²) in [5, 5.41) is 0. The molecule has 0 fully saturated rings. The molecular weight excluding hydrogens is 239 g/mol. The van der Waals surface area contributed by atoms with Gasteiger partial charge in [0.05, 0.1) is 0 Å². The van der Waals surface area contributed by atoms with Gasteiger partial charge in [-0.25, -0.2) is 5.57 Å². The molecule has 0 aromatic heterocycles. The van der Waals surface area contributed by atoms with Crippen LogP contribution in [0.15, 0.2) is 16.7 Å². The molecule has 0 amide bonds. The number of hydrogen-bond acceptors (Lipinski definition) is 0. The molecule has 0 aromatic carbocycles. The molecule has 0 heterocycles. The Bertz CT molecular complexity index is 227. The third-order valence-corrected chi connectivity index (χ3v) is 2.56. The zero-order chi connectivity index (χ0) is 7.94. The van der Waals surface area contributed by atoms with Gasteiger partial charge in [0.2, 0.25) is 0 Å². The van der Waals surface area contributed by atoms with Gasteiger partial charge >= 0.3 is 21.7 Å². The minimum Gasteiger partial charge on any atom is -1.00 e. The van der Waals surface area contributed by atoms with Crippen molar-refractivity contribution in [3.8, 4) is 0 Å². The monoisotopic (exact) mass is 253 g/mol. The first kappa shape index (κ1) is 19.4. The molecule has 0 unspecified atom stereocenters. The van der Waals surface area contributed by atoms with Crippen LogP contribution in [0.4, 0.5) is 0 Å². The quantitative estimate of drug-likeness (QED) is 0.322. The van der Waals surface area contributed by atoms with Crippen LogP contribution in [0.1, 0.15) is 34.6 Å². The Morgan fingerprint density at radius 3 is 1.46 bits per heavy atom. The molecular formula is C10H15Cl2Ti. The Morgan fingerprint density at radius 1 is 1.00 bits per heavy atom. The van der Waals surface area contributed by atoms with Crippen molar-refractivity contribution in [3.05, 3.63) is 22.8 Å². The Kier molecular flexibility index (Phi) is 9.37. The summed E-state index contributed by atoms with van der Waals surface area (Å²) in [6.07, 6.45) is 3.44. The van der Waals surface area contributed by atoms with E-state index >= 15 is 0 Å².